The van der Waals surface area contributed by atoms with E-state index in [1.807, 2.05) is 6.07 Å². The molecule has 0 heterocycles. The SMILES string of the molecule is COC(=O)C1CCCCC1CNC(=O)c1ccccc1OC. The Morgan fingerprint density at radius 3 is 2.64 bits per heavy atom. The van der Waals surface area contributed by atoms with Crippen molar-refractivity contribution in [2.24, 2.45) is 11.8 Å². The fourth-order valence-electron chi connectivity index (χ4n) is 3.06. The Morgan fingerprint density at radius 2 is 1.91 bits per heavy atom. The summed E-state index contributed by atoms with van der Waals surface area (Å²) in [5.41, 5.74) is 0.510. The van der Waals surface area contributed by atoms with Crippen LogP contribution in [0.3, 0.4) is 0 Å². The van der Waals surface area contributed by atoms with Gasteiger partial charge in [0.2, 0.25) is 0 Å². The Morgan fingerprint density at radius 1 is 1.18 bits per heavy atom. The van der Waals surface area contributed by atoms with Crippen molar-refractivity contribution in [3.8, 4) is 5.75 Å². The van der Waals surface area contributed by atoms with Crippen molar-refractivity contribution in [3.63, 3.8) is 0 Å². The minimum Gasteiger partial charge on any atom is -0.496 e. The summed E-state index contributed by atoms with van der Waals surface area (Å²) in [6.07, 6.45) is 3.90. The highest BCUT2D eigenvalue weighted by molar-refractivity contribution is 5.96. The van der Waals surface area contributed by atoms with Crippen molar-refractivity contribution in [1.29, 1.82) is 0 Å². The van der Waals surface area contributed by atoms with E-state index in [4.69, 9.17) is 9.47 Å². The largest absolute Gasteiger partial charge is 0.496 e. The first kappa shape index (κ1) is 16.3. The number of esters is 1. The number of rotatable bonds is 5. The number of methoxy groups -OCH3 is 2. The third-order valence-electron chi connectivity index (χ3n) is 4.29. The zero-order valence-electron chi connectivity index (χ0n) is 13.1. The third-order valence-corrected chi connectivity index (χ3v) is 4.29. The third kappa shape index (κ3) is 3.78. The topological polar surface area (TPSA) is 64.6 Å². The zero-order chi connectivity index (χ0) is 15.9. The molecule has 5 heteroatoms. The Hall–Kier alpha value is -2.04. The summed E-state index contributed by atoms with van der Waals surface area (Å²) in [5.74, 6) is 0.229. The molecule has 1 aliphatic carbocycles. The molecular weight excluding hydrogens is 282 g/mol. The molecule has 2 rings (SSSR count). The highest BCUT2D eigenvalue weighted by atomic mass is 16.5. The van der Waals surface area contributed by atoms with Crippen LogP contribution in [0.2, 0.25) is 0 Å². The lowest BCUT2D eigenvalue weighted by Gasteiger charge is -2.29. The summed E-state index contributed by atoms with van der Waals surface area (Å²) in [7, 11) is 2.96. The summed E-state index contributed by atoms with van der Waals surface area (Å²) >= 11 is 0. The van der Waals surface area contributed by atoms with Gasteiger partial charge >= 0.3 is 5.97 Å². The lowest BCUT2D eigenvalue weighted by molar-refractivity contribution is -0.148. The number of carbonyl (C=O) groups is 2. The van der Waals surface area contributed by atoms with Crippen LogP contribution in [0.15, 0.2) is 24.3 Å². The highest BCUT2D eigenvalue weighted by Crippen LogP contribution is 2.30. The molecule has 1 aromatic rings. The van der Waals surface area contributed by atoms with E-state index in [1.54, 1.807) is 25.3 Å². The summed E-state index contributed by atoms with van der Waals surface area (Å²) in [6, 6.07) is 7.11. The minimum absolute atomic E-state index is 0.114. The summed E-state index contributed by atoms with van der Waals surface area (Å²) in [5, 5.41) is 2.93. The maximum Gasteiger partial charge on any atom is 0.309 e. The van der Waals surface area contributed by atoms with Gasteiger partial charge in [-0.2, -0.15) is 0 Å². The first-order valence-corrected chi connectivity index (χ1v) is 7.66. The molecule has 2 atom stereocenters. The second-order valence-electron chi connectivity index (χ2n) is 5.58. The second-order valence-corrected chi connectivity index (χ2v) is 5.58. The molecule has 1 amide bonds. The van der Waals surface area contributed by atoms with Gasteiger partial charge in [-0.05, 0) is 30.9 Å². The molecular formula is C17H23NO4. The van der Waals surface area contributed by atoms with E-state index in [0.29, 0.717) is 17.9 Å². The van der Waals surface area contributed by atoms with Gasteiger partial charge in [0.1, 0.15) is 5.75 Å². The summed E-state index contributed by atoms with van der Waals surface area (Å²) in [6.45, 7) is 0.483. The van der Waals surface area contributed by atoms with Crippen LogP contribution in [0.5, 0.6) is 5.75 Å². The summed E-state index contributed by atoms with van der Waals surface area (Å²) < 4.78 is 10.1. The van der Waals surface area contributed by atoms with Crippen LogP contribution in [-0.4, -0.2) is 32.6 Å². The van der Waals surface area contributed by atoms with Gasteiger partial charge < -0.3 is 14.8 Å². The molecule has 0 bridgehead atoms. The molecule has 120 valence electrons. The van der Waals surface area contributed by atoms with Crippen LogP contribution >= 0.6 is 0 Å². The fourth-order valence-corrected chi connectivity index (χ4v) is 3.06. The number of benzene rings is 1. The van der Waals surface area contributed by atoms with Crippen LogP contribution < -0.4 is 10.1 Å². The number of hydrogen-bond donors (Lipinski definition) is 1. The molecule has 1 aliphatic rings. The normalized spacial score (nSPS) is 21.0. The average molecular weight is 305 g/mol. The smallest absolute Gasteiger partial charge is 0.309 e. The average Bonchev–Trinajstić information content (AvgIpc) is 2.59. The molecule has 0 spiro atoms. The Balaban J connectivity index is 1.98. The number of hydrogen-bond acceptors (Lipinski definition) is 4. The quantitative estimate of drug-likeness (QED) is 0.848. The lowest BCUT2D eigenvalue weighted by Crippen LogP contribution is -2.37. The first-order chi connectivity index (χ1) is 10.7. The highest BCUT2D eigenvalue weighted by Gasteiger charge is 2.31. The maximum absolute atomic E-state index is 12.3. The lowest BCUT2D eigenvalue weighted by atomic mass is 9.79. The molecule has 22 heavy (non-hydrogen) atoms. The van der Waals surface area contributed by atoms with Crippen LogP contribution in [0.25, 0.3) is 0 Å². The van der Waals surface area contributed by atoms with Gasteiger partial charge in [0.05, 0.1) is 25.7 Å². The van der Waals surface area contributed by atoms with Gasteiger partial charge in [0, 0.05) is 6.54 Å². The molecule has 0 aliphatic heterocycles. The van der Waals surface area contributed by atoms with Crippen molar-refractivity contribution in [3.05, 3.63) is 29.8 Å². The Kier molecular flexibility index (Phi) is 5.81. The molecule has 2 unspecified atom stereocenters. The van der Waals surface area contributed by atoms with E-state index < -0.39 is 0 Å². The maximum atomic E-state index is 12.3. The molecule has 0 radical (unpaired) electrons. The Labute approximate surface area is 131 Å². The van der Waals surface area contributed by atoms with Crippen molar-refractivity contribution in [2.75, 3.05) is 20.8 Å². The van der Waals surface area contributed by atoms with E-state index in [9.17, 15) is 9.59 Å². The van der Waals surface area contributed by atoms with Crippen LogP contribution in [-0.2, 0) is 9.53 Å². The van der Waals surface area contributed by atoms with E-state index in [0.717, 1.165) is 25.7 Å². The zero-order valence-corrected chi connectivity index (χ0v) is 13.1. The molecule has 1 saturated carbocycles. The van der Waals surface area contributed by atoms with Crippen LogP contribution in [0, 0.1) is 11.8 Å². The first-order valence-electron chi connectivity index (χ1n) is 7.66. The monoisotopic (exact) mass is 305 g/mol. The molecule has 0 aromatic heterocycles. The number of para-hydroxylation sites is 1. The number of nitrogens with one attached hydrogen (secondary N) is 1. The molecule has 1 aromatic carbocycles. The van der Waals surface area contributed by atoms with Gasteiger partial charge in [0.25, 0.3) is 5.91 Å². The van der Waals surface area contributed by atoms with Crippen LogP contribution in [0.4, 0.5) is 0 Å². The van der Waals surface area contributed by atoms with E-state index >= 15 is 0 Å². The second kappa shape index (κ2) is 7.82. The molecule has 1 N–H and O–H groups in total. The fraction of sp³-hybridized carbons (Fsp3) is 0.529. The van der Waals surface area contributed by atoms with Crippen molar-refractivity contribution >= 4 is 11.9 Å². The van der Waals surface area contributed by atoms with Crippen molar-refractivity contribution in [1.82, 2.24) is 5.32 Å². The predicted octanol–water partition coefficient (Wildman–Crippen LogP) is 2.40. The minimum atomic E-state index is -0.174. The Bertz CT molecular complexity index is 529. The van der Waals surface area contributed by atoms with Crippen molar-refractivity contribution < 1.29 is 19.1 Å². The van der Waals surface area contributed by atoms with Gasteiger partial charge in [-0.15, -0.1) is 0 Å². The van der Waals surface area contributed by atoms with Gasteiger partial charge in [-0.1, -0.05) is 25.0 Å². The van der Waals surface area contributed by atoms with Gasteiger partial charge in [0.15, 0.2) is 0 Å². The van der Waals surface area contributed by atoms with Crippen molar-refractivity contribution in [2.45, 2.75) is 25.7 Å². The molecule has 1 fully saturated rings. The van der Waals surface area contributed by atoms with Gasteiger partial charge in [-0.25, -0.2) is 0 Å². The summed E-state index contributed by atoms with van der Waals surface area (Å²) in [4.78, 5) is 24.1. The van der Waals surface area contributed by atoms with E-state index in [2.05, 4.69) is 5.32 Å². The molecule has 0 saturated heterocycles. The van der Waals surface area contributed by atoms with E-state index in [-0.39, 0.29) is 23.7 Å². The molecule has 5 nitrogen and oxygen atoms in total. The van der Waals surface area contributed by atoms with E-state index in [1.165, 1.54) is 7.11 Å². The van der Waals surface area contributed by atoms with Gasteiger partial charge in [-0.3, -0.25) is 9.59 Å². The van der Waals surface area contributed by atoms with Crippen LogP contribution in [0.1, 0.15) is 36.0 Å². The number of amides is 1. The number of ether oxygens (including phenoxy) is 2. The predicted molar refractivity (Wildman–Crippen MR) is 82.8 cm³/mol. The number of carbonyl (C=O) groups excluding carboxylic acids is 2. The standard InChI is InChI=1S/C17H23NO4/c1-21-15-10-6-5-9-14(15)16(19)18-11-12-7-3-4-8-13(12)17(20)22-2/h5-6,9-10,12-13H,3-4,7-8,11H2,1-2H3,(H,18,19).